The maximum absolute atomic E-state index is 10.8. The smallest absolute Gasteiger partial charge is 0.240 e. The van der Waals surface area contributed by atoms with Crippen molar-refractivity contribution in [2.75, 3.05) is 12.4 Å². The third kappa shape index (κ3) is 2.86. The molecule has 0 saturated carbocycles. The van der Waals surface area contributed by atoms with Crippen LogP contribution in [0.2, 0.25) is 0 Å². The Balaban J connectivity index is 2.75. The topological polar surface area (TPSA) is 103 Å². The fourth-order valence-corrected chi connectivity index (χ4v) is 0.700. The van der Waals surface area contributed by atoms with Crippen LogP contribution in [0.15, 0.2) is 16.7 Å². The summed E-state index contributed by atoms with van der Waals surface area (Å²) in [7, 11) is 1.47. The predicted octanol–water partition coefficient (Wildman–Crippen LogP) is 0.455. The van der Waals surface area contributed by atoms with E-state index in [2.05, 4.69) is 25.6 Å². The van der Waals surface area contributed by atoms with E-state index < -0.39 is 0 Å². The first-order chi connectivity index (χ1) is 7.15. The Labute approximate surface area is 85.4 Å². The van der Waals surface area contributed by atoms with E-state index in [9.17, 15) is 9.59 Å². The summed E-state index contributed by atoms with van der Waals surface area (Å²) >= 11 is 0. The molecule has 1 heterocycles. The summed E-state index contributed by atoms with van der Waals surface area (Å²) in [4.78, 5) is 27.4. The highest BCUT2D eigenvalue weighted by molar-refractivity contribution is 5.74. The minimum absolute atomic E-state index is 0.247. The van der Waals surface area contributed by atoms with Crippen molar-refractivity contribution in [2.24, 2.45) is 10.3 Å². The third-order valence-corrected chi connectivity index (χ3v) is 1.55. The van der Waals surface area contributed by atoms with E-state index in [1.807, 2.05) is 0 Å². The summed E-state index contributed by atoms with van der Waals surface area (Å²) in [5.41, 5.74) is 0. The molecule has 0 aliphatic carbocycles. The molecule has 2 amide bonds. The highest BCUT2D eigenvalue weighted by atomic mass is 16.2. The summed E-state index contributed by atoms with van der Waals surface area (Å²) < 4.78 is 0. The zero-order valence-corrected chi connectivity index (χ0v) is 8.26. The van der Waals surface area contributed by atoms with Gasteiger partial charge in [0.25, 0.3) is 0 Å². The van der Waals surface area contributed by atoms with Gasteiger partial charge >= 0.3 is 0 Å². The van der Waals surface area contributed by atoms with Crippen molar-refractivity contribution >= 4 is 24.0 Å². The summed E-state index contributed by atoms with van der Waals surface area (Å²) in [6.07, 6.45) is 1.83. The van der Waals surface area contributed by atoms with Crippen molar-refractivity contribution in [3.63, 3.8) is 0 Å². The van der Waals surface area contributed by atoms with Gasteiger partial charge in [-0.25, -0.2) is 9.99 Å². The number of imidazole rings is 1. The summed E-state index contributed by atoms with van der Waals surface area (Å²) in [6.45, 7) is 1.36. The number of aromatic nitrogens is 2. The molecule has 1 rings (SSSR count). The fourth-order valence-electron chi connectivity index (χ4n) is 0.700. The number of H-pyrrole nitrogens is 1. The van der Waals surface area contributed by atoms with Crippen LogP contribution in [-0.2, 0) is 9.59 Å². The number of amides is 2. The molecular formula is C7H10N6O2. The van der Waals surface area contributed by atoms with E-state index >= 15 is 0 Å². The minimum Gasteiger partial charge on any atom is -0.326 e. The number of anilines is 1. The van der Waals surface area contributed by atoms with Crippen LogP contribution in [0.3, 0.4) is 0 Å². The molecule has 0 saturated heterocycles. The molecule has 8 nitrogen and oxygen atoms in total. The van der Waals surface area contributed by atoms with Gasteiger partial charge in [0.05, 0.1) is 6.33 Å². The van der Waals surface area contributed by atoms with Gasteiger partial charge in [-0.3, -0.25) is 9.59 Å². The van der Waals surface area contributed by atoms with Gasteiger partial charge in [-0.15, -0.1) is 5.11 Å². The number of aromatic amines is 1. The molecule has 0 fully saturated rings. The van der Waals surface area contributed by atoms with Crippen LogP contribution in [0.1, 0.15) is 6.92 Å². The summed E-state index contributed by atoms with van der Waals surface area (Å²) in [6, 6.07) is 0. The maximum atomic E-state index is 10.8. The number of hydrogen-bond donors (Lipinski definition) is 2. The monoisotopic (exact) mass is 210 g/mol. The molecular weight excluding hydrogens is 200 g/mol. The second-order valence-electron chi connectivity index (χ2n) is 2.59. The Morgan fingerprint density at radius 3 is 3.07 bits per heavy atom. The van der Waals surface area contributed by atoms with Gasteiger partial charge in [0.1, 0.15) is 0 Å². The van der Waals surface area contributed by atoms with Crippen LogP contribution >= 0.6 is 0 Å². The lowest BCUT2D eigenvalue weighted by Crippen LogP contribution is -2.15. The number of nitrogens with zero attached hydrogens (tertiary/aromatic N) is 4. The summed E-state index contributed by atoms with van der Waals surface area (Å²) in [5.74, 6) is 0.282. The van der Waals surface area contributed by atoms with Crippen molar-refractivity contribution in [1.82, 2.24) is 15.0 Å². The van der Waals surface area contributed by atoms with Crippen LogP contribution in [0.25, 0.3) is 0 Å². The molecule has 0 radical (unpaired) electrons. The van der Waals surface area contributed by atoms with Crippen LogP contribution < -0.4 is 5.32 Å². The molecule has 80 valence electrons. The Morgan fingerprint density at radius 2 is 2.47 bits per heavy atom. The predicted molar refractivity (Wildman–Crippen MR) is 51.2 cm³/mol. The van der Waals surface area contributed by atoms with E-state index in [0.717, 1.165) is 5.01 Å². The lowest BCUT2D eigenvalue weighted by atomic mass is 10.6. The first kappa shape index (κ1) is 10.8. The average Bonchev–Trinajstić information content (AvgIpc) is 2.62. The number of carbonyl (C=O) groups is 2. The molecule has 2 N–H and O–H groups in total. The first-order valence-electron chi connectivity index (χ1n) is 4.04. The van der Waals surface area contributed by atoms with Crippen LogP contribution in [0.4, 0.5) is 11.6 Å². The number of carbonyl (C=O) groups excluding carboxylic acids is 2. The van der Waals surface area contributed by atoms with Gasteiger partial charge < -0.3 is 10.3 Å². The van der Waals surface area contributed by atoms with E-state index in [1.165, 1.54) is 20.3 Å². The molecule has 0 atom stereocenters. The molecule has 1 aromatic heterocycles. The van der Waals surface area contributed by atoms with Gasteiger partial charge in [0, 0.05) is 14.0 Å². The second-order valence-corrected chi connectivity index (χ2v) is 2.59. The molecule has 15 heavy (non-hydrogen) atoms. The van der Waals surface area contributed by atoms with E-state index in [1.54, 1.807) is 0 Å². The Kier molecular flexibility index (Phi) is 3.49. The summed E-state index contributed by atoms with van der Waals surface area (Å²) in [5, 5.41) is 10.7. The van der Waals surface area contributed by atoms with E-state index in [-0.39, 0.29) is 17.5 Å². The zero-order chi connectivity index (χ0) is 11.3. The maximum Gasteiger partial charge on any atom is 0.240 e. The number of rotatable bonds is 4. The highest BCUT2D eigenvalue weighted by Gasteiger charge is 2.04. The van der Waals surface area contributed by atoms with Crippen molar-refractivity contribution in [3.8, 4) is 0 Å². The Bertz CT molecular complexity index is 385. The molecule has 0 spiro atoms. The Morgan fingerprint density at radius 1 is 1.73 bits per heavy atom. The van der Waals surface area contributed by atoms with Gasteiger partial charge in [-0.05, 0) is 0 Å². The average molecular weight is 210 g/mol. The number of hydrogen-bond acceptors (Lipinski definition) is 5. The second kappa shape index (κ2) is 4.84. The fraction of sp³-hybridized carbons (Fsp3) is 0.286. The minimum atomic E-state index is -0.247. The third-order valence-electron chi connectivity index (χ3n) is 1.55. The highest BCUT2D eigenvalue weighted by Crippen LogP contribution is 2.18. The van der Waals surface area contributed by atoms with Crippen molar-refractivity contribution in [3.05, 3.63) is 6.33 Å². The van der Waals surface area contributed by atoms with Crippen LogP contribution in [0, 0.1) is 0 Å². The largest absolute Gasteiger partial charge is 0.326 e. The van der Waals surface area contributed by atoms with Gasteiger partial charge in [0.15, 0.2) is 11.6 Å². The van der Waals surface area contributed by atoms with Crippen molar-refractivity contribution in [2.45, 2.75) is 6.92 Å². The quantitative estimate of drug-likeness (QED) is 0.428. The van der Waals surface area contributed by atoms with E-state index in [4.69, 9.17) is 0 Å². The molecule has 0 bridgehead atoms. The first-order valence-corrected chi connectivity index (χ1v) is 4.04. The lowest BCUT2D eigenvalue weighted by molar-refractivity contribution is -0.127. The van der Waals surface area contributed by atoms with Crippen molar-refractivity contribution < 1.29 is 9.59 Å². The molecule has 1 aromatic rings. The lowest BCUT2D eigenvalue weighted by Gasteiger charge is -2.03. The van der Waals surface area contributed by atoms with Gasteiger partial charge in [0.2, 0.25) is 12.3 Å². The van der Waals surface area contributed by atoms with Crippen LogP contribution in [0.5, 0.6) is 0 Å². The molecule has 0 aromatic carbocycles. The van der Waals surface area contributed by atoms with Crippen LogP contribution in [-0.4, -0.2) is 34.3 Å². The van der Waals surface area contributed by atoms with Gasteiger partial charge in [-0.1, -0.05) is 5.22 Å². The van der Waals surface area contributed by atoms with E-state index in [0.29, 0.717) is 6.41 Å². The molecule has 0 unspecified atom stereocenters. The molecule has 0 aliphatic rings. The molecule has 8 heteroatoms. The normalized spacial score (nSPS) is 10.3. The zero-order valence-electron chi connectivity index (χ0n) is 8.26. The van der Waals surface area contributed by atoms with Gasteiger partial charge in [-0.2, -0.15) is 0 Å². The van der Waals surface area contributed by atoms with Crippen molar-refractivity contribution in [1.29, 1.82) is 0 Å². The molecule has 0 aliphatic heterocycles. The standard InChI is InChI=1S/C7H10N6O2/c1-5(15)13(2)12-11-7-6(10-4-14)8-3-9-7/h3-4H,1-2H3,(H,8,9)(H,10,14). The SMILES string of the molecule is CC(=O)N(C)N=Nc1[nH]cnc1NC=O. The number of nitrogens with one attached hydrogen (secondary N) is 2. The Hall–Kier alpha value is -2.25.